The molecular formula is C15H12ClN3OS. The molecule has 1 aromatic carbocycles. The summed E-state index contributed by atoms with van der Waals surface area (Å²) in [6.07, 6.45) is 3.41. The third-order valence-corrected chi connectivity index (χ3v) is 4.49. The Morgan fingerprint density at radius 2 is 2.24 bits per heavy atom. The third-order valence-electron chi connectivity index (χ3n) is 3.07. The zero-order valence-electron chi connectivity index (χ0n) is 11.0. The van der Waals surface area contributed by atoms with Crippen LogP contribution >= 0.6 is 22.9 Å². The average Bonchev–Trinajstić information content (AvgIpc) is 2.83. The second-order valence-electron chi connectivity index (χ2n) is 4.53. The van der Waals surface area contributed by atoms with Crippen molar-refractivity contribution < 1.29 is 4.79 Å². The largest absolute Gasteiger partial charge is 0.397 e. The molecule has 0 aliphatic carbocycles. The van der Waals surface area contributed by atoms with E-state index < -0.39 is 0 Å². The first-order chi connectivity index (χ1) is 10.1. The molecule has 0 aliphatic heterocycles. The lowest BCUT2D eigenvalue weighted by atomic mass is 10.2. The highest BCUT2D eigenvalue weighted by Gasteiger charge is 2.16. The van der Waals surface area contributed by atoms with Gasteiger partial charge in [0.2, 0.25) is 0 Å². The summed E-state index contributed by atoms with van der Waals surface area (Å²) in [4.78, 5) is 16.8. The molecule has 0 fully saturated rings. The third kappa shape index (κ3) is 2.84. The van der Waals surface area contributed by atoms with Gasteiger partial charge in [-0.2, -0.15) is 0 Å². The quantitative estimate of drug-likeness (QED) is 0.777. The van der Waals surface area contributed by atoms with E-state index in [1.165, 1.54) is 11.3 Å². The summed E-state index contributed by atoms with van der Waals surface area (Å²) < 4.78 is 0.948. The van der Waals surface area contributed by atoms with Gasteiger partial charge in [0.15, 0.2) is 0 Å². The van der Waals surface area contributed by atoms with Crippen LogP contribution in [0.5, 0.6) is 0 Å². The van der Waals surface area contributed by atoms with E-state index >= 15 is 0 Å². The Hall–Kier alpha value is -2.11. The highest BCUT2D eigenvalue weighted by molar-refractivity contribution is 7.21. The lowest BCUT2D eigenvalue weighted by Crippen LogP contribution is -2.22. The van der Waals surface area contributed by atoms with Gasteiger partial charge in [0.1, 0.15) is 4.88 Å². The number of nitrogens with one attached hydrogen (secondary N) is 1. The molecule has 2 aromatic heterocycles. The fourth-order valence-corrected chi connectivity index (χ4v) is 3.21. The molecule has 0 aliphatic rings. The topological polar surface area (TPSA) is 68.0 Å². The summed E-state index contributed by atoms with van der Waals surface area (Å²) >= 11 is 7.33. The Bertz CT molecular complexity index is 801. The number of nitrogens with zero attached hydrogens (tertiary/aromatic N) is 1. The maximum Gasteiger partial charge on any atom is 0.263 e. The fraction of sp³-hybridized carbons (Fsp3) is 0.0667. The molecule has 2 heterocycles. The Morgan fingerprint density at radius 3 is 3.00 bits per heavy atom. The van der Waals surface area contributed by atoms with Crippen LogP contribution in [0.2, 0.25) is 5.02 Å². The van der Waals surface area contributed by atoms with Crippen LogP contribution in [0.1, 0.15) is 15.2 Å². The van der Waals surface area contributed by atoms with E-state index in [1.807, 2.05) is 18.2 Å². The molecular weight excluding hydrogens is 306 g/mol. The number of benzene rings is 1. The van der Waals surface area contributed by atoms with Crippen molar-refractivity contribution in [3.63, 3.8) is 0 Å². The number of halogens is 1. The molecule has 1 amide bonds. The first kappa shape index (κ1) is 13.9. The van der Waals surface area contributed by atoms with E-state index in [0.717, 1.165) is 15.6 Å². The van der Waals surface area contributed by atoms with Gasteiger partial charge in [-0.3, -0.25) is 9.78 Å². The van der Waals surface area contributed by atoms with Crippen LogP contribution in [0.4, 0.5) is 5.69 Å². The summed E-state index contributed by atoms with van der Waals surface area (Å²) in [5, 5.41) is 4.27. The molecule has 0 saturated carbocycles. The molecule has 4 nitrogen and oxygen atoms in total. The standard InChI is InChI=1S/C15H12ClN3OS/c16-10-3-4-12-11(6-10)13(17)14(21-12)15(20)19-8-9-2-1-5-18-7-9/h1-7H,8,17H2,(H,19,20). The van der Waals surface area contributed by atoms with Crippen molar-refractivity contribution in [3.8, 4) is 0 Å². The Balaban J connectivity index is 1.83. The molecule has 3 rings (SSSR count). The van der Waals surface area contributed by atoms with E-state index in [9.17, 15) is 4.79 Å². The van der Waals surface area contributed by atoms with Crippen LogP contribution in [-0.4, -0.2) is 10.9 Å². The molecule has 21 heavy (non-hydrogen) atoms. The number of hydrogen-bond donors (Lipinski definition) is 2. The number of thiophene rings is 1. The zero-order valence-corrected chi connectivity index (χ0v) is 12.5. The number of nitrogen functional groups attached to an aromatic ring is 1. The second kappa shape index (κ2) is 5.71. The number of carbonyl (C=O) groups is 1. The van der Waals surface area contributed by atoms with Crippen LogP contribution in [0, 0.1) is 0 Å². The molecule has 0 radical (unpaired) electrons. The minimum Gasteiger partial charge on any atom is -0.397 e. The van der Waals surface area contributed by atoms with E-state index in [1.54, 1.807) is 24.5 Å². The van der Waals surface area contributed by atoms with Gasteiger partial charge in [-0.1, -0.05) is 17.7 Å². The molecule has 0 saturated heterocycles. The smallest absolute Gasteiger partial charge is 0.263 e. The van der Waals surface area contributed by atoms with Crippen molar-refractivity contribution in [2.75, 3.05) is 5.73 Å². The van der Waals surface area contributed by atoms with Crippen LogP contribution in [-0.2, 0) is 6.54 Å². The van der Waals surface area contributed by atoms with Gasteiger partial charge in [0.05, 0.1) is 5.69 Å². The van der Waals surface area contributed by atoms with Crippen LogP contribution in [0.3, 0.4) is 0 Å². The van der Waals surface area contributed by atoms with Crippen molar-refractivity contribution in [2.45, 2.75) is 6.54 Å². The normalized spacial score (nSPS) is 10.7. The van der Waals surface area contributed by atoms with Gasteiger partial charge in [0, 0.05) is 34.0 Å². The van der Waals surface area contributed by atoms with E-state index in [-0.39, 0.29) is 5.91 Å². The number of nitrogens with two attached hydrogens (primary N) is 1. The minimum atomic E-state index is -0.186. The number of hydrogen-bond acceptors (Lipinski definition) is 4. The van der Waals surface area contributed by atoms with Crippen molar-refractivity contribution in [2.24, 2.45) is 0 Å². The fourth-order valence-electron chi connectivity index (χ4n) is 2.02. The van der Waals surface area contributed by atoms with Gasteiger partial charge in [-0.25, -0.2) is 0 Å². The number of carbonyl (C=O) groups excluding carboxylic acids is 1. The molecule has 0 spiro atoms. The Morgan fingerprint density at radius 1 is 1.38 bits per heavy atom. The lowest BCUT2D eigenvalue weighted by molar-refractivity contribution is 0.0956. The first-order valence-electron chi connectivity index (χ1n) is 6.30. The summed E-state index contributed by atoms with van der Waals surface area (Å²) in [6.45, 7) is 0.418. The monoisotopic (exact) mass is 317 g/mol. The summed E-state index contributed by atoms with van der Waals surface area (Å²) in [5.41, 5.74) is 7.47. The Kier molecular flexibility index (Phi) is 3.77. The number of anilines is 1. The minimum absolute atomic E-state index is 0.186. The van der Waals surface area contributed by atoms with Gasteiger partial charge in [-0.05, 0) is 29.8 Å². The van der Waals surface area contributed by atoms with Crippen molar-refractivity contribution >= 4 is 44.6 Å². The maximum absolute atomic E-state index is 12.3. The van der Waals surface area contributed by atoms with E-state index in [2.05, 4.69) is 10.3 Å². The predicted octanol–water partition coefficient (Wildman–Crippen LogP) is 3.46. The number of pyridine rings is 1. The number of fused-ring (bicyclic) bond motifs is 1. The van der Waals surface area contributed by atoms with Gasteiger partial charge in [-0.15, -0.1) is 11.3 Å². The molecule has 0 atom stereocenters. The molecule has 106 valence electrons. The van der Waals surface area contributed by atoms with Crippen LogP contribution in [0.25, 0.3) is 10.1 Å². The average molecular weight is 318 g/mol. The van der Waals surface area contributed by atoms with E-state index in [0.29, 0.717) is 22.1 Å². The highest BCUT2D eigenvalue weighted by atomic mass is 35.5. The van der Waals surface area contributed by atoms with Gasteiger partial charge < -0.3 is 11.1 Å². The zero-order chi connectivity index (χ0) is 14.8. The Labute approximate surface area is 130 Å². The molecule has 6 heteroatoms. The molecule has 0 unspecified atom stereocenters. The molecule has 3 aromatic rings. The van der Waals surface area contributed by atoms with Crippen LogP contribution < -0.4 is 11.1 Å². The summed E-state index contributed by atoms with van der Waals surface area (Å²) in [7, 11) is 0. The van der Waals surface area contributed by atoms with Gasteiger partial charge in [0.25, 0.3) is 5.91 Å². The number of aromatic nitrogens is 1. The first-order valence-corrected chi connectivity index (χ1v) is 7.49. The lowest BCUT2D eigenvalue weighted by Gasteiger charge is -2.04. The van der Waals surface area contributed by atoms with Crippen molar-refractivity contribution in [3.05, 3.63) is 58.2 Å². The number of rotatable bonds is 3. The van der Waals surface area contributed by atoms with Crippen molar-refractivity contribution in [1.29, 1.82) is 0 Å². The predicted molar refractivity (Wildman–Crippen MR) is 86.7 cm³/mol. The van der Waals surface area contributed by atoms with Gasteiger partial charge >= 0.3 is 0 Å². The van der Waals surface area contributed by atoms with Crippen molar-refractivity contribution in [1.82, 2.24) is 10.3 Å². The highest BCUT2D eigenvalue weighted by Crippen LogP contribution is 2.35. The summed E-state index contributed by atoms with van der Waals surface area (Å²) in [5.74, 6) is -0.186. The SMILES string of the molecule is Nc1c(C(=O)NCc2cccnc2)sc2ccc(Cl)cc12. The van der Waals surface area contributed by atoms with E-state index in [4.69, 9.17) is 17.3 Å². The second-order valence-corrected chi connectivity index (χ2v) is 6.02. The maximum atomic E-state index is 12.3. The molecule has 0 bridgehead atoms. The number of amides is 1. The molecule has 3 N–H and O–H groups in total. The summed E-state index contributed by atoms with van der Waals surface area (Å²) in [6, 6.07) is 9.17. The van der Waals surface area contributed by atoms with Crippen LogP contribution in [0.15, 0.2) is 42.7 Å².